The van der Waals surface area contributed by atoms with Crippen molar-refractivity contribution in [2.24, 2.45) is 0 Å². The van der Waals surface area contributed by atoms with E-state index in [9.17, 15) is 9.32 Å². The van der Waals surface area contributed by atoms with Crippen molar-refractivity contribution in [1.29, 1.82) is 0 Å². The second-order valence-corrected chi connectivity index (χ2v) is 4.06. The molecule has 0 radical (unpaired) electrons. The number of benzene rings is 1. The Hall–Kier alpha value is -1.30. The molecule has 4 nitrogen and oxygen atoms in total. The van der Waals surface area contributed by atoms with Crippen molar-refractivity contribution < 1.29 is 13.9 Å². The van der Waals surface area contributed by atoms with Crippen molar-refractivity contribution in [3.63, 3.8) is 0 Å². The summed E-state index contributed by atoms with van der Waals surface area (Å²) in [5, 5.41) is 10.3. The molecule has 78 valence electrons. The van der Waals surface area contributed by atoms with Gasteiger partial charge in [-0.1, -0.05) is 24.3 Å². The Bertz CT molecular complexity index is 515. The molecule has 0 amide bonds. The third-order valence-electron chi connectivity index (χ3n) is 2.06. The molecule has 0 aliphatic carbocycles. The predicted octanol–water partition coefficient (Wildman–Crippen LogP) is 1.45. The summed E-state index contributed by atoms with van der Waals surface area (Å²) in [7, 11) is 0. The fraction of sp³-hybridized carbons (Fsp3) is 0.100. The van der Waals surface area contributed by atoms with E-state index < -0.39 is 16.5 Å². The molecule has 5 heteroatoms. The standard InChI is InChI=1S/C10H9NO3S/c12-10(15(13)14)9-6-5-7-3-1-2-4-8(7)11-9/h1-6,10,12H,(H,13,14). The van der Waals surface area contributed by atoms with Crippen LogP contribution in [0.2, 0.25) is 0 Å². The van der Waals surface area contributed by atoms with Crippen LogP contribution in [0.4, 0.5) is 0 Å². The normalized spacial score (nSPS) is 15.1. The highest BCUT2D eigenvalue weighted by molar-refractivity contribution is 7.79. The van der Waals surface area contributed by atoms with E-state index in [0.29, 0.717) is 5.52 Å². The number of pyridine rings is 1. The highest BCUT2D eigenvalue weighted by atomic mass is 32.2. The summed E-state index contributed by atoms with van der Waals surface area (Å²) in [6.07, 6.45) is 0. The summed E-state index contributed by atoms with van der Waals surface area (Å²) >= 11 is -2.31. The number of aromatic nitrogens is 1. The number of aliphatic hydroxyl groups excluding tert-OH is 1. The van der Waals surface area contributed by atoms with Crippen molar-refractivity contribution in [2.45, 2.75) is 5.44 Å². The zero-order valence-corrected chi connectivity index (χ0v) is 8.52. The van der Waals surface area contributed by atoms with Gasteiger partial charge in [-0.2, -0.15) is 0 Å². The van der Waals surface area contributed by atoms with Gasteiger partial charge in [0.15, 0.2) is 16.5 Å². The highest BCUT2D eigenvalue weighted by Crippen LogP contribution is 2.17. The van der Waals surface area contributed by atoms with E-state index in [2.05, 4.69) is 4.98 Å². The molecule has 1 aromatic heterocycles. The average Bonchev–Trinajstić information content (AvgIpc) is 2.27. The molecule has 0 saturated heterocycles. The van der Waals surface area contributed by atoms with Gasteiger partial charge in [0.25, 0.3) is 0 Å². The molecule has 2 unspecified atom stereocenters. The van der Waals surface area contributed by atoms with Gasteiger partial charge in [-0.05, 0) is 12.1 Å². The third-order valence-corrected chi connectivity index (χ3v) is 2.69. The summed E-state index contributed by atoms with van der Waals surface area (Å²) in [6, 6.07) is 10.7. The van der Waals surface area contributed by atoms with Crippen molar-refractivity contribution in [1.82, 2.24) is 4.98 Å². The monoisotopic (exact) mass is 223 g/mol. The molecule has 0 saturated carbocycles. The lowest BCUT2D eigenvalue weighted by Crippen LogP contribution is -2.06. The van der Waals surface area contributed by atoms with Crippen molar-refractivity contribution in [3.05, 3.63) is 42.1 Å². The van der Waals surface area contributed by atoms with Crippen LogP contribution in [0, 0.1) is 0 Å². The van der Waals surface area contributed by atoms with Gasteiger partial charge in [0.1, 0.15) is 0 Å². The van der Waals surface area contributed by atoms with Crippen LogP contribution in [-0.4, -0.2) is 18.9 Å². The van der Waals surface area contributed by atoms with Crippen molar-refractivity contribution in [3.8, 4) is 0 Å². The molecule has 0 aliphatic heterocycles. The molecule has 0 spiro atoms. The lowest BCUT2D eigenvalue weighted by molar-refractivity contribution is 0.247. The van der Waals surface area contributed by atoms with E-state index in [-0.39, 0.29) is 5.69 Å². The van der Waals surface area contributed by atoms with E-state index in [0.717, 1.165) is 5.39 Å². The van der Waals surface area contributed by atoms with E-state index in [4.69, 9.17) is 4.55 Å². The maximum Gasteiger partial charge on any atom is 0.197 e. The third kappa shape index (κ3) is 2.04. The minimum absolute atomic E-state index is 0.203. The van der Waals surface area contributed by atoms with Crippen molar-refractivity contribution in [2.75, 3.05) is 0 Å². The first-order valence-electron chi connectivity index (χ1n) is 4.32. The fourth-order valence-electron chi connectivity index (χ4n) is 1.32. The Morgan fingerprint density at radius 1 is 1.20 bits per heavy atom. The number of fused-ring (bicyclic) bond motifs is 1. The molecular formula is C10H9NO3S. The van der Waals surface area contributed by atoms with Crippen LogP contribution in [0.3, 0.4) is 0 Å². The van der Waals surface area contributed by atoms with Gasteiger partial charge in [0.05, 0.1) is 11.2 Å². The molecule has 2 atom stereocenters. The zero-order valence-electron chi connectivity index (χ0n) is 7.70. The second-order valence-electron chi connectivity index (χ2n) is 3.06. The first kappa shape index (κ1) is 10.2. The van der Waals surface area contributed by atoms with Gasteiger partial charge >= 0.3 is 0 Å². The number of hydrogen-bond acceptors (Lipinski definition) is 3. The second kappa shape index (κ2) is 4.06. The van der Waals surface area contributed by atoms with Crippen molar-refractivity contribution >= 4 is 22.0 Å². The Balaban J connectivity index is 2.51. The first-order chi connectivity index (χ1) is 7.18. The molecule has 2 rings (SSSR count). The summed E-state index contributed by atoms with van der Waals surface area (Å²) < 4.78 is 19.4. The summed E-state index contributed by atoms with van der Waals surface area (Å²) in [4.78, 5) is 4.09. The molecule has 0 fully saturated rings. The molecule has 1 aromatic carbocycles. The maximum atomic E-state index is 10.7. The molecule has 0 bridgehead atoms. The summed E-state index contributed by atoms with van der Waals surface area (Å²) in [5.74, 6) is 0. The highest BCUT2D eigenvalue weighted by Gasteiger charge is 2.14. The number of aliphatic hydroxyl groups is 1. The maximum absolute atomic E-state index is 10.7. The van der Waals surface area contributed by atoms with Gasteiger partial charge in [0.2, 0.25) is 0 Å². The Morgan fingerprint density at radius 3 is 2.67 bits per heavy atom. The van der Waals surface area contributed by atoms with Gasteiger partial charge < -0.3 is 9.66 Å². The minimum Gasteiger partial charge on any atom is -0.372 e. The largest absolute Gasteiger partial charge is 0.372 e. The minimum atomic E-state index is -2.31. The van der Waals surface area contributed by atoms with Crippen LogP contribution in [-0.2, 0) is 11.1 Å². The van der Waals surface area contributed by atoms with Gasteiger partial charge in [-0.15, -0.1) is 0 Å². The quantitative estimate of drug-likeness (QED) is 0.756. The van der Waals surface area contributed by atoms with Crippen LogP contribution in [0.5, 0.6) is 0 Å². The van der Waals surface area contributed by atoms with Gasteiger partial charge in [0, 0.05) is 5.39 Å². The molecule has 0 aliphatic rings. The SMILES string of the molecule is O=S(O)C(O)c1ccc2ccccc2n1. The topological polar surface area (TPSA) is 70.4 Å². The average molecular weight is 223 g/mol. The van der Waals surface area contributed by atoms with E-state index in [1.807, 2.05) is 18.2 Å². The number of nitrogens with zero attached hydrogens (tertiary/aromatic N) is 1. The fourth-order valence-corrected chi connectivity index (χ4v) is 1.66. The molecule has 15 heavy (non-hydrogen) atoms. The Morgan fingerprint density at radius 2 is 1.93 bits per heavy atom. The Labute approximate surface area is 88.9 Å². The summed E-state index contributed by atoms with van der Waals surface area (Å²) in [5.41, 5.74) is -0.552. The van der Waals surface area contributed by atoms with Crippen LogP contribution in [0.1, 0.15) is 11.1 Å². The van der Waals surface area contributed by atoms with E-state index >= 15 is 0 Å². The Kier molecular flexibility index (Phi) is 2.77. The number of hydrogen-bond donors (Lipinski definition) is 2. The van der Waals surface area contributed by atoms with E-state index in [1.165, 1.54) is 0 Å². The molecule has 2 N–H and O–H groups in total. The molecular weight excluding hydrogens is 214 g/mol. The van der Waals surface area contributed by atoms with Crippen LogP contribution < -0.4 is 0 Å². The van der Waals surface area contributed by atoms with Gasteiger partial charge in [-0.3, -0.25) is 0 Å². The molecule has 1 heterocycles. The van der Waals surface area contributed by atoms with Gasteiger partial charge in [-0.25, -0.2) is 9.19 Å². The first-order valence-corrected chi connectivity index (χ1v) is 5.49. The zero-order chi connectivity index (χ0) is 10.8. The van der Waals surface area contributed by atoms with Crippen LogP contribution in [0.15, 0.2) is 36.4 Å². The van der Waals surface area contributed by atoms with Crippen LogP contribution >= 0.6 is 0 Å². The number of rotatable bonds is 2. The predicted molar refractivity (Wildman–Crippen MR) is 57.5 cm³/mol. The number of para-hydroxylation sites is 1. The summed E-state index contributed by atoms with van der Waals surface area (Å²) in [6.45, 7) is 0. The molecule has 2 aromatic rings. The lowest BCUT2D eigenvalue weighted by atomic mass is 10.2. The van der Waals surface area contributed by atoms with Crippen LogP contribution in [0.25, 0.3) is 10.9 Å². The van der Waals surface area contributed by atoms with E-state index in [1.54, 1.807) is 18.2 Å². The lowest BCUT2D eigenvalue weighted by Gasteiger charge is -2.06. The smallest absolute Gasteiger partial charge is 0.197 e.